The molecule has 2 aromatic heterocycles. The molecule has 0 aliphatic heterocycles. The van der Waals surface area contributed by atoms with Crippen LogP contribution in [0.2, 0.25) is 0 Å². The minimum Gasteiger partial charge on any atom is -0.320 e. The number of pyridine rings is 1. The lowest BCUT2D eigenvalue weighted by Crippen LogP contribution is -2.12. The largest absolute Gasteiger partial charge is 0.320 e. The molecule has 2 heterocycles. The molecule has 1 aromatic carbocycles. The van der Waals surface area contributed by atoms with Crippen molar-refractivity contribution in [1.82, 2.24) is 9.97 Å². The summed E-state index contributed by atoms with van der Waals surface area (Å²) in [6, 6.07) is 7.65. The van der Waals surface area contributed by atoms with Crippen molar-refractivity contribution in [3.8, 4) is 0 Å². The van der Waals surface area contributed by atoms with Gasteiger partial charge in [0.25, 0.3) is 5.91 Å². The highest BCUT2D eigenvalue weighted by Gasteiger charge is 2.10. The summed E-state index contributed by atoms with van der Waals surface area (Å²) in [5.74, 6) is -0.199. The average molecular weight is 269 g/mol. The second-order valence-corrected chi connectivity index (χ2v) is 4.88. The van der Waals surface area contributed by atoms with Crippen LogP contribution in [-0.2, 0) is 0 Å². The number of carbonyl (C=O) groups is 1. The fourth-order valence-corrected chi connectivity index (χ4v) is 2.47. The number of fused-ring (bicyclic) bond motifs is 1. The summed E-state index contributed by atoms with van der Waals surface area (Å²) in [5, 5.41) is 5.54. The van der Waals surface area contributed by atoms with Crippen LogP contribution in [0, 0.1) is 6.92 Å². The van der Waals surface area contributed by atoms with Gasteiger partial charge in [-0.1, -0.05) is 6.07 Å². The highest BCUT2D eigenvalue weighted by Crippen LogP contribution is 2.24. The van der Waals surface area contributed by atoms with E-state index in [2.05, 4.69) is 15.3 Å². The first-order valence-corrected chi connectivity index (χ1v) is 6.74. The standard InChI is InChI=1S/C14H11N3OS/c1-9-4-5-11(10-3-2-6-15-13(9)10)17-14(18)12-7-19-8-16-12/h2-8H,1H3,(H,17,18). The Balaban J connectivity index is 2.02. The molecule has 0 saturated heterocycles. The van der Waals surface area contributed by atoms with Gasteiger partial charge < -0.3 is 5.32 Å². The molecule has 0 spiro atoms. The normalized spacial score (nSPS) is 10.6. The smallest absolute Gasteiger partial charge is 0.275 e. The number of nitrogens with one attached hydrogen (secondary N) is 1. The zero-order chi connectivity index (χ0) is 13.2. The summed E-state index contributed by atoms with van der Waals surface area (Å²) in [7, 11) is 0. The van der Waals surface area contributed by atoms with Gasteiger partial charge in [0.15, 0.2) is 0 Å². The number of hydrogen-bond acceptors (Lipinski definition) is 4. The number of benzene rings is 1. The summed E-state index contributed by atoms with van der Waals surface area (Å²) in [4.78, 5) is 20.4. The van der Waals surface area contributed by atoms with Gasteiger partial charge in [-0.2, -0.15) is 0 Å². The summed E-state index contributed by atoms with van der Waals surface area (Å²) < 4.78 is 0. The molecular weight excluding hydrogens is 258 g/mol. The number of thiazole rings is 1. The van der Waals surface area contributed by atoms with Crippen molar-refractivity contribution < 1.29 is 4.79 Å². The van der Waals surface area contributed by atoms with E-state index in [1.54, 1.807) is 17.1 Å². The number of aromatic nitrogens is 2. The van der Waals surface area contributed by atoms with Gasteiger partial charge >= 0.3 is 0 Å². The number of nitrogens with zero attached hydrogens (tertiary/aromatic N) is 2. The molecule has 0 bridgehead atoms. The highest BCUT2D eigenvalue weighted by molar-refractivity contribution is 7.07. The Labute approximate surface area is 114 Å². The van der Waals surface area contributed by atoms with E-state index in [0.717, 1.165) is 22.2 Å². The van der Waals surface area contributed by atoms with Gasteiger partial charge in [-0.3, -0.25) is 9.78 Å². The molecule has 4 nitrogen and oxygen atoms in total. The van der Waals surface area contributed by atoms with Gasteiger partial charge in [0.05, 0.1) is 16.7 Å². The van der Waals surface area contributed by atoms with Gasteiger partial charge in [-0.25, -0.2) is 4.98 Å². The quantitative estimate of drug-likeness (QED) is 0.777. The van der Waals surface area contributed by atoms with Crippen LogP contribution < -0.4 is 5.32 Å². The number of hydrogen-bond donors (Lipinski definition) is 1. The lowest BCUT2D eigenvalue weighted by Gasteiger charge is -2.08. The van der Waals surface area contributed by atoms with Gasteiger partial charge in [-0.05, 0) is 30.7 Å². The maximum Gasteiger partial charge on any atom is 0.275 e. The fraction of sp³-hybridized carbons (Fsp3) is 0.0714. The second-order valence-electron chi connectivity index (χ2n) is 4.16. The molecule has 0 unspecified atom stereocenters. The van der Waals surface area contributed by atoms with Crippen molar-refractivity contribution in [1.29, 1.82) is 0 Å². The summed E-state index contributed by atoms with van der Waals surface area (Å²) >= 11 is 1.40. The minimum absolute atomic E-state index is 0.199. The molecule has 0 saturated carbocycles. The SMILES string of the molecule is Cc1ccc(NC(=O)c2cscn2)c2cccnc12. The Morgan fingerprint density at radius 3 is 2.95 bits per heavy atom. The molecule has 0 atom stereocenters. The van der Waals surface area contributed by atoms with Gasteiger partial charge in [0.2, 0.25) is 0 Å². The van der Waals surface area contributed by atoms with Gasteiger partial charge in [0, 0.05) is 17.0 Å². The first kappa shape index (κ1) is 11.8. The topological polar surface area (TPSA) is 54.9 Å². The van der Waals surface area contributed by atoms with Gasteiger partial charge in [0.1, 0.15) is 5.69 Å². The van der Waals surface area contributed by atoms with Crippen LogP contribution in [-0.4, -0.2) is 15.9 Å². The number of rotatable bonds is 2. The maximum atomic E-state index is 12.0. The zero-order valence-electron chi connectivity index (χ0n) is 10.3. The Hall–Kier alpha value is -2.27. The monoisotopic (exact) mass is 269 g/mol. The molecule has 0 fully saturated rings. The van der Waals surface area contributed by atoms with Crippen molar-refractivity contribution in [3.63, 3.8) is 0 Å². The third-order valence-corrected chi connectivity index (χ3v) is 3.47. The Morgan fingerprint density at radius 1 is 1.26 bits per heavy atom. The molecular formula is C14H11N3OS. The first-order valence-electron chi connectivity index (χ1n) is 5.79. The zero-order valence-corrected chi connectivity index (χ0v) is 11.1. The molecule has 94 valence electrons. The summed E-state index contributed by atoms with van der Waals surface area (Å²) in [6.07, 6.45) is 1.75. The van der Waals surface area contributed by atoms with Crippen LogP contribution in [0.15, 0.2) is 41.4 Å². The van der Waals surface area contributed by atoms with Crippen LogP contribution in [0.1, 0.15) is 16.1 Å². The van der Waals surface area contributed by atoms with Crippen LogP contribution in [0.5, 0.6) is 0 Å². The number of anilines is 1. The average Bonchev–Trinajstić information content (AvgIpc) is 2.96. The molecule has 19 heavy (non-hydrogen) atoms. The molecule has 0 aliphatic rings. The first-order chi connectivity index (χ1) is 9.25. The minimum atomic E-state index is -0.199. The van der Waals surface area contributed by atoms with Crippen LogP contribution >= 0.6 is 11.3 Å². The van der Waals surface area contributed by atoms with E-state index in [4.69, 9.17) is 0 Å². The van der Waals surface area contributed by atoms with E-state index in [1.165, 1.54) is 11.3 Å². The van der Waals surface area contributed by atoms with Crippen LogP contribution in [0.3, 0.4) is 0 Å². The van der Waals surface area contributed by atoms with Crippen molar-refractivity contribution in [2.75, 3.05) is 5.32 Å². The molecule has 0 radical (unpaired) electrons. The van der Waals surface area contributed by atoms with Crippen molar-refractivity contribution in [3.05, 3.63) is 52.6 Å². The third kappa shape index (κ3) is 2.20. The third-order valence-electron chi connectivity index (χ3n) is 2.88. The number of carbonyl (C=O) groups excluding carboxylic acids is 1. The molecule has 0 aliphatic carbocycles. The summed E-state index contributed by atoms with van der Waals surface area (Å²) in [5.41, 5.74) is 4.82. The molecule has 5 heteroatoms. The van der Waals surface area contributed by atoms with E-state index in [0.29, 0.717) is 5.69 Å². The molecule has 3 aromatic rings. The van der Waals surface area contributed by atoms with E-state index in [1.807, 2.05) is 31.2 Å². The van der Waals surface area contributed by atoms with Crippen LogP contribution in [0.4, 0.5) is 5.69 Å². The predicted octanol–water partition coefficient (Wildman–Crippen LogP) is 3.25. The van der Waals surface area contributed by atoms with Crippen LogP contribution in [0.25, 0.3) is 10.9 Å². The molecule has 1 amide bonds. The Morgan fingerprint density at radius 2 is 2.16 bits per heavy atom. The molecule has 1 N–H and O–H groups in total. The molecule has 3 rings (SSSR count). The van der Waals surface area contributed by atoms with E-state index in [9.17, 15) is 4.79 Å². The second kappa shape index (κ2) is 4.78. The fourth-order valence-electron chi connectivity index (χ4n) is 1.93. The van der Waals surface area contributed by atoms with Crippen molar-refractivity contribution >= 4 is 33.8 Å². The van der Waals surface area contributed by atoms with Gasteiger partial charge in [-0.15, -0.1) is 11.3 Å². The Kier molecular flexibility index (Phi) is 2.97. The lowest BCUT2D eigenvalue weighted by atomic mass is 10.1. The van der Waals surface area contributed by atoms with E-state index < -0.39 is 0 Å². The van der Waals surface area contributed by atoms with E-state index >= 15 is 0 Å². The maximum absolute atomic E-state index is 12.0. The lowest BCUT2D eigenvalue weighted by molar-refractivity contribution is 0.102. The summed E-state index contributed by atoms with van der Waals surface area (Å²) in [6.45, 7) is 2.00. The van der Waals surface area contributed by atoms with E-state index in [-0.39, 0.29) is 5.91 Å². The Bertz CT molecular complexity index is 738. The number of aryl methyl sites for hydroxylation is 1. The van der Waals surface area contributed by atoms with Crippen molar-refractivity contribution in [2.45, 2.75) is 6.92 Å². The number of amides is 1. The predicted molar refractivity (Wildman–Crippen MR) is 76.5 cm³/mol. The highest BCUT2D eigenvalue weighted by atomic mass is 32.1. The van der Waals surface area contributed by atoms with Crippen molar-refractivity contribution in [2.24, 2.45) is 0 Å².